The van der Waals surface area contributed by atoms with Crippen LogP contribution in [0.2, 0.25) is 0 Å². The van der Waals surface area contributed by atoms with E-state index in [1.807, 2.05) is 0 Å². The summed E-state index contributed by atoms with van der Waals surface area (Å²) >= 11 is 0. The smallest absolute Gasteiger partial charge is 0.260 e. The van der Waals surface area contributed by atoms with E-state index in [9.17, 15) is 18.4 Å². The Labute approximate surface area is 124 Å². The molecule has 0 fully saturated rings. The summed E-state index contributed by atoms with van der Waals surface area (Å²) in [5.74, 6) is -1.80. The quantitative estimate of drug-likeness (QED) is 0.690. The third-order valence-corrected chi connectivity index (χ3v) is 2.88. The predicted octanol–water partition coefficient (Wildman–Crippen LogP) is 1.67. The Balaban J connectivity index is 2.07. The summed E-state index contributed by atoms with van der Waals surface area (Å²) in [6.07, 6.45) is 1.46. The van der Waals surface area contributed by atoms with Crippen LogP contribution in [0.1, 0.15) is 12.5 Å². The standard InChI is InChI=1S/C15H13F2N3O2/c1-10(12-8-11(16)5-6-13(12)17)18-19-14(21)9-20-7-3-2-4-15(20)22/h2-8H,9H2,1H3,(H,19,21)/b18-10-. The van der Waals surface area contributed by atoms with Crippen LogP contribution in [0.5, 0.6) is 0 Å². The molecule has 1 aromatic heterocycles. The van der Waals surface area contributed by atoms with Crippen LogP contribution in [0.4, 0.5) is 8.78 Å². The molecule has 0 unspecified atom stereocenters. The van der Waals surface area contributed by atoms with Gasteiger partial charge < -0.3 is 4.57 Å². The fourth-order valence-corrected chi connectivity index (χ4v) is 1.76. The summed E-state index contributed by atoms with van der Waals surface area (Å²) < 4.78 is 27.8. The molecule has 0 aliphatic heterocycles. The Morgan fingerprint density at radius 3 is 2.77 bits per heavy atom. The van der Waals surface area contributed by atoms with Gasteiger partial charge in [-0.2, -0.15) is 5.10 Å². The van der Waals surface area contributed by atoms with E-state index in [0.717, 1.165) is 18.2 Å². The number of benzene rings is 1. The summed E-state index contributed by atoms with van der Waals surface area (Å²) in [4.78, 5) is 23.2. The van der Waals surface area contributed by atoms with Crippen LogP contribution in [-0.4, -0.2) is 16.2 Å². The number of rotatable bonds is 4. The molecule has 2 aromatic rings. The first kappa shape index (κ1) is 15.6. The molecular weight excluding hydrogens is 292 g/mol. The Morgan fingerprint density at radius 2 is 2.05 bits per heavy atom. The Hall–Kier alpha value is -2.83. The molecule has 1 aromatic carbocycles. The molecule has 0 bridgehead atoms. The van der Waals surface area contributed by atoms with E-state index in [0.29, 0.717) is 0 Å². The van der Waals surface area contributed by atoms with Gasteiger partial charge >= 0.3 is 0 Å². The number of halogens is 2. The fourth-order valence-electron chi connectivity index (χ4n) is 1.76. The van der Waals surface area contributed by atoms with Crippen LogP contribution in [0.3, 0.4) is 0 Å². The second kappa shape index (κ2) is 6.75. The van der Waals surface area contributed by atoms with Crippen molar-refractivity contribution in [1.29, 1.82) is 0 Å². The lowest BCUT2D eigenvalue weighted by atomic mass is 10.1. The number of carbonyl (C=O) groups excluding carboxylic acids is 1. The zero-order valence-corrected chi connectivity index (χ0v) is 11.7. The molecule has 1 heterocycles. The molecule has 1 N–H and O–H groups in total. The molecule has 114 valence electrons. The van der Waals surface area contributed by atoms with Crippen molar-refractivity contribution in [2.24, 2.45) is 5.10 Å². The van der Waals surface area contributed by atoms with E-state index in [4.69, 9.17) is 0 Å². The summed E-state index contributed by atoms with van der Waals surface area (Å²) in [6, 6.07) is 7.46. The molecule has 0 saturated heterocycles. The number of hydrazone groups is 1. The fraction of sp³-hybridized carbons (Fsp3) is 0.133. The monoisotopic (exact) mass is 305 g/mol. The van der Waals surface area contributed by atoms with Gasteiger partial charge in [-0.25, -0.2) is 14.2 Å². The lowest BCUT2D eigenvalue weighted by molar-refractivity contribution is -0.121. The SMILES string of the molecule is C/C(=N/NC(=O)Cn1ccccc1=O)c1cc(F)ccc1F. The Morgan fingerprint density at radius 1 is 1.27 bits per heavy atom. The Bertz CT molecular complexity index is 784. The molecule has 2 rings (SSSR count). The van der Waals surface area contributed by atoms with E-state index in [-0.39, 0.29) is 23.4 Å². The third-order valence-electron chi connectivity index (χ3n) is 2.88. The van der Waals surface area contributed by atoms with Crippen molar-refractivity contribution in [1.82, 2.24) is 9.99 Å². The topological polar surface area (TPSA) is 63.5 Å². The number of amides is 1. The first-order valence-electron chi connectivity index (χ1n) is 6.41. The second-order valence-electron chi connectivity index (χ2n) is 4.52. The van der Waals surface area contributed by atoms with Crippen LogP contribution < -0.4 is 11.0 Å². The van der Waals surface area contributed by atoms with E-state index in [2.05, 4.69) is 10.5 Å². The number of carbonyl (C=O) groups is 1. The number of nitrogens with zero attached hydrogens (tertiary/aromatic N) is 2. The van der Waals surface area contributed by atoms with Gasteiger partial charge in [0.15, 0.2) is 0 Å². The normalized spacial score (nSPS) is 11.3. The van der Waals surface area contributed by atoms with Crippen molar-refractivity contribution in [3.8, 4) is 0 Å². The molecule has 0 aliphatic rings. The number of hydrogen-bond acceptors (Lipinski definition) is 3. The summed E-state index contributed by atoms with van der Waals surface area (Å²) in [5, 5.41) is 3.72. The highest BCUT2D eigenvalue weighted by Gasteiger charge is 2.08. The molecule has 0 saturated carbocycles. The number of aromatic nitrogens is 1. The minimum Gasteiger partial charge on any atom is -0.306 e. The highest BCUT2D eigenvalue weighted by molar-refractivity contribution is 5.99. The largest absolute Gasteiger partial charge is 0.306 e. The lowest BCUT2D eigenvalue weighted by Crippen LogP contribution is -2.29. The molecule has 22 heavy (non-hydrogen) atoms. The maximum atomic E-state index is 13.5. The highest BCUT2D eigenvalue weighted by atomic mass is 19.1. The van der Waals surface area contributed by atoms with Gasteiger partial charge in [-0.1, -0.05) is 6.07 Å². The molecule has 0 spiro atoms. The minimum absolute atomic E-state index is 0.0443. The maximum absolute atomic E-state index is 13.5. The van der Waals surface area contributed by atoms with Crippen molar-refractivity contribution < 1.29 is 13.6 Å². The van der Waals surface area contributed by atoms with Gasteiger partial charge in [-0.3, -0.25) is 9.59 Å². The average Bonchev–Trinajstić information content (AvgIpc) is 2.49. The highest BCUT2D eigenvalue weighted by Crippen LogP contribution is 2.10. The molecule has 0 atom stereocenters. The van der Waals surface area contributed by atoms with E-state index < -0.39 is 17.5 Å². The van der Waals surface area contributed by atoms with E-state index in [1.54, 1.807) is 12.1 Å². The van der Waals surface area contributed by atoms with Crippen LogP contribution >= 0.6 is 0 Å². The van der Waals surface area contributed by atoms with Gasteiger partial charge in [0.2, 0.25) is 0 Å². The minimum atomic E-state index is -0.642. The van der Waals surface area contributed by atoms with Crippen LogP contribution in [0.15, 0.2) is 52.5 Å². The number of pyridine rings is 1. The van der Waals surface area contributed by atoms with Gasteiger partial charge in [-0.05, 0) is 31.2 Å². The van der Waals surface area contributed by atoms with Crippen molar-refractivity contribution in [3.05, 3.63) is 70.1 Å². The summed E-state index contributed by atoms with van der Waals surface area (Å²) in [5.41, 5.74) is 1.95. The molecule has 1 amide bonds. The van der Waals surface area contributed by atoms with Crippen molar-refractivity contribution in [2.45, 2.75) is 13.5 Å². The molecule has 5 nitrogen and oxygen atoms in total. The first-order valence-corrected chi connectivity index (χ1v) is 6.41. The lowest BCUT2D eigenvalue weighted by Gasteiger charge is -2.06. The Kier molecular flexibility index (Phi) is 4.77. The second-order valence-corrected chi connectivity index (χ2v) is 4.52. The third kappa shape index (κ3) is 3.85. The van der Waals surface area contributed by atoms with Gasteiger partial charge in [0, 0.05) is 17.8 Å². The van der Waals surface area contributed by atoms with Crippen molar-refractivity contribution in [3.63, 3.8) is 0 Å². The van der Waals surface area contributed by atoms with E-state index >= 15 is 0 Å². The molecule has 0 radical (unpaired) electrons. The van der Waals surface area contributed by atoms with Crippen LogP contribution in [-0.2, 0) is 11.3 Å². The zero-order valence-electron chi connectivity index (χ0n) is 11.7. The van der Waals surface area contributed by atoms with Crippen LogP contribution in [0, 0.1) is 11.6 Å². The van der Waals surface area contributed by atoms with Crippen molar-refractivity contribution in [2.75, 3.05) is 0 Å². The molecule has 0 aliphatic carbocycles. The molecular formula is C15H13F2N3O2. The summed E-state index contributed by atoms with van der Waals surface area (Å²) in [7, 11) is 0. The van der Waals surface area contributed by atoms with Gasteiger partial charge in [-0.15, -0.1) is 0 Å². The van der Waals surface area contributed by atoms with Gasteiger partial charge in [0.05, 0.1) is 5.71 Å². The van der Waals surface area contributed by atoms with Gasteiger partial charge in [0.25, 0.3) is 11.5 Å². The predicted molar refractivity (Wildman–Crippen MR) is 77.4 cm³/mol. The zero-order chi connectivity index (χ0) is 16.1. The number of nitrogens with one attached hydrogen (secondary N) is 1. The van der Waals surface area contributed by atoms with Crippen molar-refractivity contribution >= 4 is 11.6 Å². The first-order chi connectivity index (χ1) is 10.5. The number of hydrogen-bond donors (Lipinski definition) is 1. The van der Waals surface area contributed by atoms with Gasteiger partial charge in [0.1, 0.15) is 18.2 Å². The van der Waals surface area contributed by atoms with Crippen LogP contribution in [0.25, 0.3) is 0 Å². The maximum Gasteiger partial charge on any atom is 0.260 e. The average molecular weight is 305 g/mol. The molecule has 7 heteroatoms. The summed E-state index contributed by atoms with van der Waals surface area (Å²) in [6.45, 7) is 1.22. The van der Waals surface area contributed by atoms with E-state index in [1.165, 1.54) is 23.8 Å².